The van der Waals surface area contributed by atoms with Gasteiger partial charge in [-0.15, -0.1) is 10.2 Å². The summed E-state index contributed by atoms with van der Waals surface area (Å²) in [5.41, 5.74) is 0.931. The lowest BCUT2D eigenvalue weighted by molar-refractivity contribution is -0.384. The molecule has 1 aromatic carbocycles. The van der Waals surface area contributed by atoms with E-state index >= 15 is 0 Å². The van der Waals surface area contributed by atoms with Crippen LogP contribution in [-0.4, -0.2) is 25.1 Å². The van der Waals surface area contributed by atoms with Crippen molar-refractivity contribution >= 4 is 5.69 Å². The predicted molar refractivity (Wildman–Crippen MR) is 62.4 cm³/mol. The lowest BCUT2D eigenvalue weighted by Gasteiger charge is -2.01. The third-order valence-electron chi connectivity index (χ3n) is 2.28. The number of nitrogens with zero attached hydrogens (tertiary/aromatic N) is 5. The number of hydrogen-bond donors (Lipinski definition) is 1. The molecule has 0 saturated heterocycles. The first kappa shape index (κ1) is 12.1. The standard InChI is InChI=1S/C10H12N6O2/c1-15-13-10(12-14-15)7-11-6-8-3-2-4-9(5-8)16(17)18/h2-5,11H,6-7H2,1H3. The molecule has 0 radical (unpaired) electrons. The molecule has 1 aromatic heterocycles. The van der Waals surface area contributed by atoms with E-state index in [0.29, 0.717) is 18.9 Å². The highest BCUT2D eigenvalue weighted by atomic mass is 16.6. The Bertz CT molecular complexity index is 553. The van der Waals surface area contributed by atoms with Gasteiger partial charge in [0.15, 0.2) is 5.82 Å². The summed E-state index contributed by atoms with van der Waals surface area (Å²) in [6, 6.07) is 6.49. The second-order valence-corrected chi connectivity index (χ2v) is 3.73. The van der Waals surface area contributed by atoms with Crippen molar-refractivity contribution < 1.29 is 4.92 Å². The van der Waals surface area contributed by atoms with Gasteiger partial charge >= 0.3 is 0 Å². The van der Waals surface area contributed by atoms with Gasteiger partial charge in [0.1, 0.15) is 0 Å². The van der Waals surface area contributed by atoms with E-state index in [-0.39, 0.29) is 5.69 Å². The molecule has 0 aliphatic rings. The highest BCUT2D eigenvalue weighted by Crippen LogP contribution is 2.12. The van der Waals surface area contributed by atoms with E-state index in [9.17, 15) is 10.1 Å². The fraction of sp³-hybridized carbons (Fsp3) is 0.300. The minimum Gasteiger partial charge on any atom is -0.306 e. The molecular weight excluding hydrogens is 236 g/mol. The van der Waals surface area contributed by atoms with Gasteiger partial charge in [-0.3, -0.25) is 10.1 Å². The van der Waals surface area contributed by atoms with E-state index in [4.69, 9.17) is 0 Å². The van der Waals surface area contributed by atoms with Crippen LogP contribution in [0.1, 0.15) is 11.4 Å². The van der Waals surface area contributed by atoms with Crippen LogP contribution < -0.4 is 5.32 Å². The van der Waals surface area contributed by atoms with Gasteiger partial charge in [0, 0.05) is 18.7 Å². The Morgan fingerprint density at radius 1 is 1.44 bits per heavy atom. The number of nitro benzene ring substituents is 1. The molecule has 94 valence electrons. The molecular formula is C10H12N6O2. The Labute approximate surface area is 103 Å². The summed E-state index contributed by atoms with van der Waals surface area (Å²) in [5.74, 6) is 0.586. The third-order valence-corrected chi connectivity index (χ3v) is 2.28. The number of rotatable bonds is 5. The molecule has 18 heavy (non-hydrogen) atoms. The number of nitro groups is 1. The van der Waals surface area contributed by atoms with Crippen LogP contribution in [0.3, 0.4) is 0 Å². The van der Waals surface area contributed by atoms with Crippen LogP contribution in [-0.2, 0) is 20.1 Å². The molecule has 2 aromatic rings. The van der Waals surface area contributed by atoms with Gasteiger partial charge in [0.05, 0.1) is 18.5 Å². The molecule has 0 atom stereocenters. The Balaban J connectivity index is 1.90. The molecule has 2 rings (SSSR count). The molecule has 0 bridgehead atoms. The largest absolute Gasteiger partial charge is 0.306 e. The molecule has 0 unspecified atom stereocenters. The smallest absolute Gasteiger partial charge is 0.269 e. The first-order chi connectivity index (χ1) is 8.65. The maximum Gasteiger partial charge on any atom is 0.269 e. The number of benzene rings is 1. The van der Waals surface area contributed by atoms with Crippen molar-refractivity contribution in [3.05, 3.63) is 45.8 Å². The first-order valence-corrected chi connectivity index (χ1v) is 5.32. The Kier molecular flexibility index (Phi) is 3.58. The molecule has 8 nitrogen and oxygen atoms in total. The predicted octanol–water partition coefficient (Wildman–Crippen LogP) is 0.408. The van der Waals surface area contributed by atoms with E-state index in [1.54, 1.807) is 13.1 Å². The van der Waals surface area contributed by atoms with Crippen molar-refractivity contribution in [2.24, 2.45) is 7.05 Å². The minimum absolute atomic E-state index is 0.0897. The maximum atomic E-state index is 10.6. The van der Waals surface area contributed by atoms with E-state index < -0.39 is 4.92 Å². The highest BCUT2D eigenvalue weighted by molar-refractivity contribution is 5.34. The number of non-ortho nitro benzene ring substituents is 1. The summed E-state index contributed by atoms with van der Waals surface area (Å²) in [7, 11) is 1.69. The van der Waals surface area contributed by atoms with Crippen LogP contribution in [0.5, 0.6) is 0 Å². The Hall–Kier alpha value is -2.35. The van der Waals surface area contributed by atoms with Crippen LogP contribution >= 0.6 is 0 Å². The second kappa shape index (κ2) is 5.32. The van der Waals surface area contributed by atoms with Crippen molar-refractivity contribution in [3.8, 4) is 0 Å². The topological polar surface area (TPSA) is 98.8 Å². The molecule has 1 N–H and O–H groups in total. The molecule has 8 heteroatoms. The van der Waals surface area contributed by atoms with E-state index in [1.165, 1.54) is 16.9 Å². The highest BCUT2D eigenvalue weighted by Gasteiger charge is 2.05. The summed E-state index contributed by atoms with van der Waals surface area (Å²) in [6.07, 6.45) is 0. The summed E-state index contributed by atoms with van der Waals surface area (Å²) < 4.78 is 0. The van der Waals surface area contributed by atoms with Gasteiger partial charge in [-0.05, 0) is 10.8 Å². The van der Waals surface area contributed by atoms with Crippen molar-refractivity contribution in [1.82, 2.24) is 25.5 Å². The molecule has 1 heterocycles. The second-order valence-electron chi connectivity index (χ2n) is 3.73. The van der Waals surface area contributed by atoms with Gasteiger partial charge in [-0.25, -0.2) is 0 Å². The van der Waals surface area contributed by atoms with Crippen molar-refractivity contribution in [2.75, 3.05) is 0 Å². The zero-order valence-corrected chi connectivity index (χ0v) is 9.78. The fourth-order valence-electron chi connectivity index (χ4n) is 1.49. The molecule has 0 fully saturated rings. The van der Waals surface area contributed by atoms with Crippen LogP contribution in [0.2, 0.25) is 0 Å². The molecule has 0 spiro atoms. The van der Waals surface area contributed by atoms with Crippen LogP contribution in [0.25, 0.3) is 0 Å². The van der Waals surface area contributed by atoms with Gasteiger partial charge in [-0.2, -0.15) is 4.80 Å². The van der Waals surface area contributed by atoms with Gasteiger partial charge in [-0.1, -0.05) is 12.1 Å². The van der Waals surface area contributed by atoms with E-state index in [0.717, 1.165) is 5.56 Å². The summed E-state index contributed by atoms with van der Waals surface area (Å²) in [4.78, 5) is 11.6. The van der Waals surface area contributed by atoms with Crippen LogP contribution in [0.4, 0.5) is 5.69 Å². The molecule has 0 saturated carbocycles. The lowest BCUT2D eigenvalue weighted by Crippen LogP contribution is -2.14. The van der Waals surface area contributed by atoms with Gasteiger partial charge in [0.2, 0.25) is 0 Å². The number of aryl methyl sites for hydroxylation is 1. The number of aromatic nitrogens is 4. The van der Waals surface area contributed by atoms with Crippen LogP contribution in [0, 0.1) is 10.1 Å². The zero-order valence-electron chi connectivity index (χ0n) is 9.78. The van der Waals surface area contributed by atoms with E-state index in [1.807, 2.05) is 6.07 Å². The van der Waals surface area contributed by atoms with Crippen molar-refractivity contribution in [2.45, 2.75) is 13.1 Å². The molecule has 0 amide bonds. The monoisotopic (exact) mass is 248 g/mol. The summed E-state index contributed by atoms with van der Waals surface area (Å²) >= 11 is 0. The van der Waals surface area contributed by atoms with Gasteiger partial charge < -0.3 is 5.32 Å². The quantitative estimate of drug-likeness (QED) is 0.607. The summed E-state index contributed by atoms with van der Waals surface area (Å²) in [6.45, 7) is 0.983. The molecule has 0 aliphatic carbocycles. The van der Waals surface area contributed by atoms with Crippen molar-refractivity contribution in [1.29, 1.82) is 0 Å². The third kappa shape index (κ3) is 3.08. The first-order valence-electron chi connectivity index (χ1n) is 5.32. The number of tetrazole rings is 1. The van der Waals surface area contributed by atoms with E-state index in [2.05, 4.69) is 20.7 Å². The Morgan fingerprint density at radius 3 is 2.94 bits per heavy atom. The SMILES string of the molecule is Cn1nnc(CNCc2cccc([N+](=O)[O-])c2)n1. The van der Waals surface area contributed by atoms with Crippen molar-refractivity contribution in [3.63, 3.8) is 0 Å². The maximum absolute atomic E-state index is 10.6. The fourth-order valence-corrected chi connectivity index (χ4v) is 1.49. The summed E-state index contributed by atoms with van der Waals surface area (Å²) in [5, 5.41) is 25.2. The Morgan fingerprint density at radius 2 is 2.28 bits per heavy atom. The normalized spacial score (nSPS) is 10.5. The zero-order chi connectivity index (χ0) is 13.0. The average molecular weight is 248 g/mol. The average Bonchev–Trinajstić information content (AvgIpc) is 2.75. The van der Waals surface area contributed by atoms with Gasteiger partial charge in [0.25, 0.3) is 5.69 Å². The lowest BCUT2D eigenvalue weighted by atomic mass is 10.2. The molecule has 0 aliphatic heterocycles. The number of nitrogens with one attached hydrogen (secondary N) is 1. The van der Waals surface area contributed by atoms with Crippen LogP contribution in [0.15, 0.2) is 24.3 Å². The number of hydrogen-bond acceptors (Lipinski definition) is 6. The minimum atomic E-state index is -0.409.